The molecule has 0 amide bonds. The molecule has 2 heterocycles. The van der Waals surface area contributed by atoms with E-state index >= 15 is 0 Å². The van der Waals surface area contributed by atoms with Gasteiger partial charge in [0.25, 0.3) is 0 Å². The van der Waals surface area contributed by atoms with Gasteiger partial charge in [0.1, 0.15) is 0 Å². The van der Waals surface area contributed by atoms with Crippen LogP contribution >= 0.6 is 0 Å². The van der Waals surface area contributed by atoms with Crippen molar-refractivity contribution >= 4 is 0 Å². The van der Waals surface area contributed by atoms with E-state index < -0.39 is 0 Å². The number of hydrogen-bond donors (Lipinski definition) is 0. The highest BCUT2D eigenvalue weighted by Crippen LogP contribution is 2.14. The van der Waals surface area contributed by atoms with Gasteiger partial charge in [0.05, 0.1) is 12.8 Å². The fourth-order valence-corrected chi connectivity index (χ4v) is 1.56. The maximum absolute atomic E-state index is 5.29. The first-order chi connectivity index (χ1) is 5.84. The molecule has 1 atom stereocenters. The topological polar surface area (TPSA) is 27.1 Å². The minimum absolute atomic E-state index is 0.671. The van der Waals surface area contributed by atoms with Gasteiger partial charge in [-0.15, -0.1) is 0 Å². The molecule has 0 aliphatic carbocycles. The van der Waals surface area contributed by atoms with Crippen molar-refractivity contribution in [2.75, 3.05) is 13.2 Å². The number of rotatable bonds is 2. The second-order valence-corrected chi connectivity index (χ2v) is 3.47. The summed E-state index contributed by atoms with van der Waals surface area (Å²) in [7, 11) is 0. The Kier molecular flexibility index (Phi) is 2.13. The first-order valence-electron chi connectivity index (χ1n) is 4.41. The van der Waals surface area contributed by atoms with Crippen molar-refractivity contribution in [3.63, 3.8) is 0 Å². The summed E-state index contributed by atoms with van der Waals surface area (Å²) in [6.45, 7) is 4.90. The fourth-order valence-electron chi connectivity index (χ4n) is 1.56. The normalized spacial score (nSPS) is 23.2. The first-order valence-corrected chi connectivity index (χ1v) is 4.41. The van der Waals surface area contributed by atoms with E-state index in [1.54, 1.807) is 0 Å². The molecule has 1 aromatic rings. The number of aryl methyl sites for hydroxylation is 1. The number of nitrogens with zero attached hydrogens (tertiary/aromatic N) is 2. The lowest BCUT2D eigenvalue weighted by molar-refractivity contribution is 0.181. The van der Waals surface area contributed by atoms with E-state index in [4.69, 9.17) is 4.74 Å². The van der Waals surface area contributed by atoms with E-state index in [2.05, 4.69) is 18.2 Å². The molecule has 1 fully saturated rings. The molecule has 3 heteroatoms. The smallest absolute Gasteiger partial charge is 0.0518 e. The highest BCUT2D eigenvalue weighted by molar-refractivity contribution is 4.99. The zero-order chi connectivity index (χ0) is 8.39. The summed E-state index contributed by atoms with van der Waals surface area (Å²) in [5, 5.41) is 4.24. The second-order valence-electron chi connectivity index (χ2n) is 3.47. The average Bonchev–Trinajstić information content (AvgIpc) is 2.63. The van der Waals surface area contributed by atoms with Crippen LogP contribution in [0, 0.1) is 12.8 Å². The summed E-state index contributed by atoms with van der Waals surface area (Å²) in [6, 6.07) is 0. The van der Waals surface area contributed by atoms with Gasteiger partial charge >= 0.3 is 0 Å². The zero-order valence-electron chi connectivity index (χ0n) is 7.36. The molecule has 66 valence electrons. The molecule has 1 aliphatic heterocycles. The molecule has 12 heavy (non-hydrogen) atoms. The number of ether oxygens (including phenoxy) is 1. The predicted molar refractivity (Wildman–Crippen MR) is 45.9 cm³/mol. The largest absolute Gasteiger partial charge is 0.381 e. The molecule has 0 saturated carbocycles. The van der Waals surface area contributed by atoms with Gasteiger partial charge in [-0.3, -0.25) is 4.68 Å². The van der Waals surface area contributed by atoms with E-state index in [9.17, 15) is 0 Å². The Hall–Kier alpha value is -0.830. The van der Waals surface area contributed by atoms with Gasteiger partial charge in [0.2, 0.25) is 0 Å². The van der Waals surface area contributed by atoms with Crippen LogP contribution in [0.3, 0.4) is 0 Å². The Balaban J connectivity index is 1.94. The summed E-state index contributed by atoms with van der Waals surface area (Å²) in [5.41, 5.74) is 1.23. The molecule has 0 spiro atoms. The molecule has 0 N–H and O–H groups in total. The summed E-state index contributed by atoms with van der Waals surface area (Å²) in [6.07, 6.45) is 5.16. The van der Waals surface area contributed by atoms with Crippen LogP contribution in [0.15, 0.2) is 12.4 Å². The Morgan fingerprint density at radius 3 is 3.25 bits per heavy atom. The Bertz CT molecular complexity index is 251. The van der Waals surface area contributed by atoms with Crippen LogP contribution in [0.2, 0.25) is 0 Å². The molecule has 0 bridgehead atoms. The molecule has 0 unspecified atom stereocenters. The molecule has 2 rings (SSSR count). The molecule has 0 radical (unpaired) electrons. The van der Waals surface area contributed by atoms with Crippen LogP contribution < -0.4 is 0 Å². The lowest BCUT2D eigenvalue weighted by Crippen LogP contribution is -2.10. The summed E-state index contributed by atoms with van der Waals surface area (Å²) < 4.78 is 7.30. The molecule has 1 aliphatic rings. The van der Waals surface area contributed by atoms with Gasteiger partial charge in [0.15, 0.2) is 0 Å². The van der Waals surface area contributed by atoms with E-state index in [0.717, 1.165) is 19.8 Å². The lowest BCUT2D eigenvalue weighted by atomic mass is 10.1. The standard InChI is InChI=1S/C9H14N2O/c1-8-4-10-11(5-8)6-9-2-3-12-7-9/h4-5,9H,2-3,6-7H2,1H3/t9-/m0/s1. The SMILES string of the molecule is Cc1cnn(C[C@@H]2CCOC2)c1. The quantitative estimate of drug-likeness (QED) is 0.660. The number of aromatic nitrogens is 2. The maximum atomic E-state index is 5.29. The second kappa shape index (κ2) is 3.27. The Labute approximate surface area is 72.3 Å². The van der Waals surface area contributed by atoms with Crippen molar-refractivity contribution < 1.29 is 4.74 Å². The highest BCUT2D eigenvalue weighted by Gasteiger charge is 2.15. The predicted octanol–water partition coefficient (Wildman–Crippen LogP) is 1.23. The van der Waals surface area contributed by atoms with Crippen LogP contribution in [0.1, 0.15) is 12.0 Å². The maximum Gasteiger partial charge on any atom is 0.0518 e. The summed E-state index contributed by atoms with van der Waals surface area (Å²) in [5.74, 6) is 0.671. The van der Waals surface area contributed by atoms with Gasteiger partial charge in [-0.05, 0) is 18.9 Å². The van der Waals surface area contributed by atoms with E-state index in [1.807, 2.05) is 10.9 Å². The third-order valence-electron chi connectivity index (χ3n) is 2.23. The average molecular weight is 166 g/mol. The Morgan fingerprint density at radius 1 is 1.75 bits per heavy atom. The number of hydrogen-bond acceptors (Lipinski definition) is 2. The van der Waals surface area contributed by atoms with Crippen molar-refractivity contribution in [2.45, 2.75) is 19.9 Å². The van der Waals surface area contributed by atoms with Crippen molar-refractivity contribution in [1.29, 1.82) is 0 Å². The minimum Gasteiger partial charge on any atom is -0.381 e. The van der Waals surface area contributed by atoms with Gasteiger partial charge in [0, 0.05) is 25.3 Å². The van der Waals surface area contributed by atoms with Crippen LogP contribution in [0.4, 0.5) is 0 Å². The van der Waals surface area contributed by atoms with Gasteiger partial charge in [-0.1, -0.05) is 0 Å². The molecular formula is C9H14N2O. The third kappa shape index (κ3) is 1.67. The third-order valence-corrected chi connectivity index (χ3v) is 2.23. The lowest BCUT2D eigenvalue weighted by Gasteiger charge is -2.06. The molecule has 1 saturated heterocycles. The first kappa shape index (κ1) is 7.80. The van der Waals surface area contributed by atoms with Crippen molar-refractivity contribution in [2.24, 2.45) is 5.92 Å². The summed E-state index contributed by atoms with van der Waals surface area (Å²) in [4.78, 5) is 0. The van der Waals surface area contributed by atoms with Crippen LogP contribution in [0.5, 0.6) is 0 Å². The van der Waals surface area contributed by atoms with Crippen molar-refractivity contribution in [1.82, 2.24) is 9.78 Å². The zero-order valence-corrected chi connectivity index (χ0v) is 7.36. The highest BCUT2D eigenvalue weighted by atomic mass is 16.5. The minimum atomic E-state index is 0.671. The van der Waals surface area contributed by atoms with E-state index in [0.29, 0.717) is 5.92 Å². The van der Waals surface area contributed by atoms with E-state index in [1.165, 1.54) is 12.0 Å². The van der Waals surface area contributed by atoms with Crippen molar-refractivity contribution in [3.8, 4) is 0 Å². The monoisotopic (exact) mass is 166 g/mol. The molecule has 0 aromatic carbocycles. The summed E-state index contributed by atoms with van der Waals surface area (Å²) >= 11 is 0. The molecular weight excluding hydrogens is 152 g/mol. The molecule has 3 nitrogen and oxygen atoms in total. The van der Waals surface area contributed by atoms with Gasteiger partial charge in [-0.2, -0.15) is 5.10 Å². The van der Waals surface area contributed by atoms with Crippen LogP contribution in [0.25, 0.3) is 0 Å². The van der Waals surface area contributed by atoms with E-state index in [-0.39, 0.29) is 0 Å². The molecule has 1 aromatic heterocycles. The van der Waals surface area contributed by atoms with Gasteiger partial charge < -0.3 is 4.74 Å². The van der Waals surface area contributed by atoms with Crippen molar-refractivity contribution in [3.05, 3.63) is 18.0 Å². The Morgan fingerprint density at radius 2 is 2.67 bits per heavy atom. The van der Waals surface area contributed by atoms with Crippen LogP contribution in [-0.2, 0) is 11.3 Å². The fraction of sp³-hybridized carbons (Fsp3) is 0.667. The van der Waals surface area contributed by atoms with Crippen LogP contribution in [-0.4, -0.2) is 23.0 Å². The van der Waals surface area contributed by atoms with Gasteiger partial charge in [-0.25, -0.2) is 0 Å².